The van der Waals surface area contributed by atoms with Gasteiger partial charge in [-0.25, -0.2) is 4.31 Å². The normalized spacial score (nSPS) is 23.8. The van der Waals surface area contributed by atoms with Gasteiger partial charge in [0.15, 0.2) is 5.78 Å². The van der Waals surface area contributed by atoms with Crippen molar-refractivity contribution in [1.29, 1.82) is 0 Å². The van der Waals surface area contributed by atoms with E-state index in [-0.39, 0.29) is 5.41 Å². The quantitative estimate of drug-likeness (QED) is 0.687. The molecule has 1 unspecified atom stereocenters. The number of fused-ring (bicyclic) bond motifs is 1. The summed E-state index contributed by atoms with van der Waals surface area (Å²) in [4.78, 5) is 13.4. The molecular formula is C23H25NOS. The highest BCUT2D eigenvalue weighted by Gasteiger charge is 2.40. The summed E-state index contributed by atoms with van der Waals surface area (Å²) in [6.45, 7) is 2.09. The minimum Gasteiger partial charge on any atom is -0.295 e. The molecule has 0 saturated carbocycles. The summed E-state index contributed by atoms with van der Waals surface area (Å²) in [5, 5.41) is 0. The Labute approximate surface area is 160 Å². The third-order valence-electron chi connectivity index (χ3n) is 5.56. The van der Waals surface area contributed by atoms with Crippen LogP contribution in [0.2, 0.25) is 0 Å². The van der Waals surface area contributed by atoms with Crippen LogP contribution in [0.3, 0.4) is 0 Å². The van der Waals surface area contributed by atoms with E-state index in [1.54, 1.807) is 0 Å². The van der Waals surface area contributed by atoms with E-state index >= 15 is 0 Å². The van der Waals surface area contributed by atoms with E-state index in [4.69, 9.17) is 0 Å². The molecule has 1 atom stereocenters. The number of ketones is 1. The van der Waals surface area contributed by atoms with E-state index in [2.05, 4.69) is 65.0 Å². The average Bonchev–Trinajstić information content (AvgIpc) is 2.82. The smallest absolute Gasteiger partial charge is 0.155 e. The van der Waals surface area contributed by atoms with Crippen molar-refractivity contribution in [3.63, 3.8) is 0 Å². The predicted molar refractivity (Wildman–Crippen MR) is 108 cm³/mol. The molecule has 2 aromatic rings. The number of carbonyl (C=O) groups excluding carboxylic acids is 1. The van der Waals surface area contributed by atoms with Gasteiger partial charge in [-0.1, -0.05) is 54.1 Å². The highest BCUT2D eigenvalue weighted by atomic mass is 32.2. The lowest BCUT2D eigenvalue weighted by atomic mass is 9.67. The van der Waals surface area contributed by atoms with Gasteiger partial charge in [-0.15, -0.1) is 0 Å². The molecule has 1 heterocycles. The number of carbonyl (C=O) groups is 1. The van der Waals surface area contributed by atoms with Crippen LogP contribution in [-0.2, 0) is 11.2 Å². The molecule has 0 N–H and O–H groups in total. The highest BCUT2D eigenvalue weighted by molar-refractivity contribution is 7.97. The van der Waals surface area contributed by atoms with Crippen molar-refractivity contribution in [3.05, 3.63) is 77.9 Å². The van der Waals surface area contributed by atoms with Gasteiger partial charge < -0.3 is 0 Å². The first-order valence-electron chi connectivity index (χ1n) is 9.49. The lowest BCUT2D eigenvalue weighted by Gasteiger charge is -2.40. The fraction of sp³-hybridized carbons (Fsp3) is 0.348. The first-order chi connectivity index (χ1) is 12.7. The molecule has 0 radical (unpaired) electrons. The summed E-state index contributed by atoms with van der Waals surface area (Å²) in [5.41, 5.74) is 2.85. The van der Waals surface area contributed by atoms with Gasteiger partial charge in [0.1, 0.15) is 0 Å². The zero-order valence-electron chi connectivity index (χ0n) is 15.1. The molecule has 3 heteroatoms. The maximum atomic E-state index is 12.1. The van der Waals surface area contributed by atoms with E-state index in [1.807, 2.05) is 18.0 Å². The number of hydrogen-bond donors (Lipinski definition) is 0. The lowest BCUT2D eigenvalue weighted by molar-refractivity contribution is -0.115. The second kappa shape index (κ2) is 7.81. The number of benzene rings is 2. The third-order valence-corrected chi connectivity index (χ3v) is 6.61. The Hall–Kier alpha value is -1.84. The molecule has 134 valence electrons. The summed E-state index contributed by atoms with van der Waals surface area (Å²) in [6, 6.07) is 21.4. The van der Waals surface area contributed by atoms with Crippen LogP contribution in [0.25, 0.3) is 0 Å². The number of nitrogens with zero attached hydrogens (tertiary/aromatic N) is 1. The Balaban J connectivity index is 1.63. The Bertz CT molecular complexity index is 786. The summed E-state index contributed by atoms with van der Waals surface area (Å²) in [6.07, 6.45) is 6.82. The van der Waals surface area contributed by atoms with Crippen LogP contribution in [0, 0.1) is 5.41 Å². The SMILES string of the molecule is O=C1C=C2CCCN(Sc3ccccc3)CC2(Cc2ccccc2)CC1. The summed E-state index contributed by atoms with van der Waals surface area (Å²) in [7, 11) is 0. The molecule has 2 nitrogen and oxygen atoms in total. The second-order valence-corrected chi connectivity index (χ2v) is 8.62. The predicted octanol–water partition coefficient (Wildman–Crippen LogP) is 5.31. The molecule has 0 amide bonds. The maximum Gasteiger partial charge on any atom is 0.155 e. The monoisotopic (exact) mass is 363 g/mol. The fourth-order valence-corrected chi connectivity index (χ4v) is 5.38. The van der Waals surface area contributed by atoms with E-state index in [1.165, 1.54) is 16.0 Å². The average molecular weight is 364 g/mol. The first kappa shape index (κ1) is 17.6. The van der Waals surface area contributed by atoms with Crippen molar-refractivity contribution >= 4 is 17.7 Å². The van der Waals surface area contributed by atoms with Gasteiger partial charge >= 0.3 is 0 Å². The molecule has 26 heavy (non-hydrogen) atoms. The zero-order chi connectivity index (χ0) is 17.8. The molecular weight excluding hydrogens is 338 g/mol. The third kappa shape index (κ3) is 3.94. The van der Waals surface area contributed by atoms with Crippen LogP contribution < -0.4 is 0 Å². The van der Waals surface area contributed by atoms with Crippen molar-refractivity contribution in [2.45, 2.75) is 37.0 Å². The van der Waals surface area contributed by atoms with Gasteiger partial charge in [-0.2, -0.15) is 0 Å². The van der Waals surface area contributed by atoms with Gasteiger partial charge in [0.25, 0.3) is 0 Å². The Morgan fingerprint density at radius 1 is 0.962 bits per heavy atom. The molecule has 2 aliphatic rings. The topological polar surface area (TPSA) is 20.3 Å². The van der Waals surface area contributed by atoms with Crippen LogP contribution in [-0.4, -0.2) is 23.2 Å². The van der Waals surface area contributed by atoms with Crippen LogP contribution in [0.1, 0.15) is 31.2 Å². The number of rotatable bonds is 4. The molecule has 0 bridgehead atoms. The van der Waals surface area contributed by atoms with E-state index in [0.29, 0.717) is 12.2 Å². The van der Waals surface area contributed by atoms with E-state index in [9.17, 15) is 4.79 Å². The molecule has 0 spiro atoms. The summed E-state index contributed by atoms with van der Waals surface area (Å²) in [5.74, 6) is 0.313. The maximum absolute atomic E-state index is 12.1. The molecule has 2 aromatic carbocycles. The van der Waals surface area contributed by atoms with Gasteiger partial charge in [0, 0.05) is 29.8 Å². The fourth-order valence-electron chi connectivity index (χ4n) is 4.28. The van der Waals surface area contributed by atoms with Gasteiger partial charge in [0.05, 0.1) is 0 Å². The first-order valence-corrected chi connectivity index (χ1v) is 10.3. The van der Waals surface area contributed by atoms with Gasteiger partial charge in [-0.05, 0) is 61.4 Å². The standard InChI is InChI=1S/C23H25NOS/c25-21-13-14-23(17-19-8-3-1-4-9-19)18-24(15-7-10-20(23)16-21)26-22-11-5-2-6-12-22/h1-6,8-9,11-12,16H,7,10,13-15,17-18H2. The van der Waals surface area contributed by atoms with Gasteiger partial charge in [-0.3, -0.25) is 4.79 Å². The molecule has 1 fully saturated rings. The van der Waals surface area contributed by atoms with E-state index in [0.717, 1.165) is 38.8 Å². The molecule has 1 saturated heterocycles. The highest BCUT2D eigenvalue weighted by Crippen LogP contribution is 2.46. The molecule has 0 aromatic heterocycles. The number of hydrogen-bond acceptors (Lipinski definition) is 3. The minimum atomic E-state index is 0.0908. The second-order valence-electron chi connectivity index (χ2n) is 7.45. The van der Waals surface area contributed by atoms with Gasteiger partial charge in [0.2, 0.25) is 0 Å². The Morgan fingerprint density at radius 3 is 2.46 bits per heavy atom. The van der Waals surface area contributed by atoms with Crippen LogP contribution in [0.5, 0.6) is 0 Å². The molecule has 1 aliphatic heterocycles. The van der Waals surface area contributed by atoms with Crippen molar-refractivity contribution in [3.8, 4) is 0 Å². The Morgan fingerprint density at radius 2 is 1.69 bits per heavy atom. The van der Waals surface area contributed by atoms with Crippen molar-refractivity contribution in [2.75, 3.05) is 13.1 Å². The molecule has 4 rings (SSSR count). The van der Waals surface area contributed by atoms with E-state index < -0.39 is 0 Å². The van der Waals surface area contributed by atoms with Crippen molar-refractivity contribution in [1.82, 2.24) is 4.31 Å². The van der Waals surface area contributed by atoms with Crippen LogP contribution in [0.4, 0.5) is 0 Å². The number of allylic oxidation sites excluding steroid dienone is 1. The van der Waals surface area contributed by atoms with Crippen molar-refractivity contribution in [2.24, 2.45) is 5.41 Å². The summed E-state index contributed by atoms with van der Waals surface area (Å²) < 4.78 is 2.52. The largest absolute Gasteiger partial charge is 0.295 e. The Kier molecular flexibility index (Phi) is 5.28. The molecule has 1 aliphatic carbocycles. The van der Waals surface area contributed by atoms with Crippen molar-refractivity contribution < 1.29 is 4.79 Å². The summed E-state index contributed by atoms with van der Waals surface area (Å²) >= 11 is 1.86. The van der Waals surface area contributed by atoms with Crippen LogP contribution in [0.15, 0.2) is 77.2 Å². The lowest BCUT2D eigenvalue weighted by Crippen LogP contribution is -2.38. The zero-order valence-corrected chi connectivity index (χ0v) is 15.9. The minimum absolute atomic E-state index is 0.0908. The van der Waals surface area contributed by atoms with Crippen LogP contribution >= 0.6 is 11.9 Å².